The normalized spacial score (nSPS) is 11.6. The van der Waals surface area contributed by atoms with E-state index in [9.17, 15) is 0 Å². The molecule has 0 aliphatic rings. The summed E-state index contributed by atoms with van der Waals surface area (Å²) >= 11 is 0. The molecule has 0 unspecified atom stereocenters. The van der Waals surface area contributed by atoms with Crippen molar-refractivity contribution < 1.29 is 0 Å². The molecular formula is C74H49N3. The van der Waals surface area contributed by atoms with Gasteiger partial charge in [0.2, 0.25) is 0 Å². The van der Waals surface area contributed by atoms with Gasteiger partial charge in [0.15, 0.2) is 0 Å². The Morgan fingerprint density at radius 3 is 1.12 bits per heavy atom. The van der Waals surface area contributed by atoms with Crippen molar-refractivity contribution in [2.45, 2.75) is 0 Å². The molecule has 3 nitrogen and oxygen atoms in total. The van der Waals surface area contributed by atoms with E-state index in [4.69, 9.17) is 0 Å². The molecule has 0 amide bonds. The van der Waals surface area contributed by atoms with E-state index in [1.807, 2.05) is 0 Å². The van der Waals surface area contributed by atoms with Crippen LogP contribution in [-0.2, 0) is 0 Å². The number of benzene rings is 13. The molecule has 0 radical (unpaired) electrons. The first-order valence-corrected chi connectivity index (χ1v) is 26.5. The van der Waals surface area contributed by atoms with Gasteiger partial charge in [-0.2, -0.15) is 0 Å². The van der Waals surface area contributed by atoms with E-state index in [1.165, 1.54) is 110 Å². The first-order valence-electron chi connectivity index (χ1n) is 26.5. The molecule has 0 atom stereocenters. The second-order valence-corrected chi connectivity index (χ2v) is 20.0. The third-order valence-electron chi connectivity index (χ3n) is 15.7. The van der Waals surface area contributed by atoms with Crippen LogP contribution in [0.15, 0.2) is 297 Å². The molecule has 0 aliphatic heterocycles. The Bertz CT molecular complexity index is 4700. The van der Waals surface area contributed by atoms with E-state index < -0.39 is 0 Å². The summed E-state index contributed by atoms with van der Waals surface area (Å²) in [5, 5.41) is 9.69. The average molecular weight is 980 g/mol. The van der Waals surface area contributed by atoms with Crippen LogP contribution in [0.2, 0.25) is 0 Å². The third-order valence-corrected chi connectivity index (χ3v) is 15.7. The van der Waals surface area contributed by atoms with Crippen molar-refractivity contribution in [2.24, 2.45) is 0 Å². The summed E-state index contributed by atoms with van der Waals surface area (Å²) < 4.78 is 4.79. The number of hydrogen-bond acceptors (Lipinski definition) is 1. The van der Waals surface area contributed by atoms with Crippen LogP contribution in [-0.4, -0.2) is 9.13 Å². The highest BCUT2D eigenvalue weighted by Gasteiger charge is 2.23. The van der Waals surface area contributed by atoms with Gasteiger partial charge in [-0.25, -0.2) is 0 Å². The minimum Gasteiger partial charge on any atom is -0.309 e. The molecule has 2 aromatic heterocycles. The zero-order valence-corrected chi connectivity index (χ0v) is 42.1. The van der Waals surface area contributed by atoms with E-state index in [0.29, 0.717) is 0 Å². The van der Waals surface area contributed by atoms with Crippen molar-refractivity contribution in [1.29, 1.82) is 0 Å². The van der Waals surface area contributed by atoms with E-state index in [0.717, 1.165) is 28.4 Å². The summed E-state index contributed by atoms with van der Waals surface area (Å²) in [6.07, 6.45) is 0. The number of fused-ring (bicyclic) bond motifs is 8. The van der Waals surface area contributed by atoms with E-state index in [2.05, 4.69) is 311 Å². The lowest BCUT2D eigenvalue weighted by atomic mass is 9.93. The first-order chi connectivity index (χ1) is 38.2. The monoisotopic (exact) mass is 979 g/mol. The minimum atomic E-state index is 1.08. The van der Waals surface area contributed by atoms with E-state index in [-0.39, 0.29) is 0 Å². The minimum absolute atomic E-state index is 1.08. The summed E-state index contributed by atoms with van der Waals surface area (Å²) in [5.41, 5.74) is 19.9. The number of anilines is 3. The fourth-order valence-electron chi connectivity index (χ4n) is 12.1. The molecule has 0 aliphatic carbocycles. The van der Waals surface area contributed by atoms with Gasteiger partial charge >= 0.3 is 0 Å². The lowest BCUT2D eigenvalue weighted by Crippen LogP contribution is -2.11. The topological polar surface area (TPSA) is 13.1 Å². The summed E-state index contributed by atoms with van der Waals surface area (Å²) in [4.78, 5) is 2.48. The van der Waals surface area contributed by atoms with Crippen LogP contribution in [0.4, 0.5) is 17.1 Å². The second-order valence-electron chi connectivity index (χ2n) is 20.0. The lowest BCUT2D eigenvalue weighted by Gasteiger charge is -2.29. The molecule has 3 heteroatoms. The van der Waals surface area contributed by atoms with E-state index in [1.54, 1.807) is 0 Å². The van der Waals surface area contributed by atoms with Gasteiger partial charge in [0, 0.05) is 49.4 Å². The molecular weight excluding hydrogens is 931 g/mol. The predicted molar refractivity (Wildman–Crippen MR) is 327 cm³/mol. The Morgan fingerprint density at radius 2 is 0.571 bits per heavy atom. The van der Waals surface area contributed by atoms with Crippen LogP contribution in [0, 0.1) is 0 Å². The maximum atomic E-state index is 2.48. The number of nitrogens with zero attached hydrogens (tertiary/aromatic N) is 3. The molecule has 360 valence electrons. The fourth-order valence-corrected chi connectivity index (χ4v) is 12.1. The number of para-hydroxylation sites is 4. The molecule has 0 saturated carbocycles. The molecule has 0 N–H and O–H groups in total. The Labute approximate surface area is 447 Å². The van der Waals surface area contributed by atoms with Crippen LogP contribution in [0.5, 0.6) is 0 Å². The van der Waals surface area contributed by atoms with Gasteiger partial charge in [0.1, 0.15) is 0 Å². The maximum Gasteiger partial charge on any atom is 0.0547 e. The Balaban J connectivity index is 0.899. The van der Waals surface area contributed by atoms with Crippen molar-refractivity contribution in [2.75, 3.05) is 4.90 Å². The molecule has 77 heavy (non-hydrogen) atoms. The van der Waals surface area contributed by atoms with Gasteiger partial charge in [-0.05, 0) is 134 Å². The Kier molecular flexibility index (Phi) is 10.5. The van der Waals surface area contributed by atoms with Gasteiger partial charge in [-0.15, -0.1) is 0 Å². The fraction of sp³-hybridized carbons (Fsp3) is 0. The zero-order valence-electron chi connectivity index (χ0n) is 42.1. The summed E-state index contributed by atoms with van der Waals surface area (Å²) in [7, 11) is 0. The Morgan fingerprint density at radius 1 is 0.208 bits per heavy atom. The number of rotatable bonds is 9. The average Bonchev–Trinajstić information content (AvgIpc) is 4.10. The van der Waals surface area contributed by atoms with Crippen molar-refractivity contribution in [1.82, 2.24) is 9.13 Å². The van der Waals surface area contributed by atoms with Gasteiger partial charge in [0.25, 0.3) is 0 Å². The predicted octanol–water partition coefficient (Wildman–Crippen LogP) is 20.3. The molecule has 13 aromatic carbocycles. The van der Waals surface area contributed by atoms with Crippen molar-refractivity contribution in [3.63, 3.8) is 0 Å². The SMILES string of the molecule is c1ccc(-c2ccc(-c3ccc(N(c4ccc(-c5ccc6c(c5)c5ccccc5n6-c5ccccc5)c5ccccc45)c4ccc(-c5ccc6c7ccccc7n(-c7ccccc7)c6c5)c5ccccc45)cc3)cc2)cc1. The van der Waals surface area contributed by atoms with Gasteiger partial charge in [-0.1, -0.05) is 218 Å². The molecule has 15 rings (SSSR count). The van der Waals surface area contributed by atoms with Crippen molar-refractivity contribution in [3.05, 3.63) is 297 Å². The Hall–Kier alpha value is -10.2. The van der Waals surface area contributed by atoms with Crippen LogP contribution < -0.4 is 4.90 Å². The van der Waals surface area contributed by atoms with Crippen LogP contribution >= 0.6 is 0 Å². The van der Waals surface area contributed by atoms with Crippen LogP contribution in [0.3, 0.4) is 0 Å². The van der Waals surface area contributed by atoms with Gasteiger partial charge in [-0.3, -0.25) is 0 Å². The molecule has 15 aromatic rings. The lowest BCUT2D eigenvalue weighted by molar-refractivity contribution is 1.18. The highest BCUT2D eigenvalue weighted by atomic mass is 15.1. The summed E-state index contributed by atoms with van der Waals surface area (Å²) in [6, 6.07) is 109. The van der Waals surface area contributed by atoms with Crippen molar-refractivity contribution in [3.8, 4) is 55.9 Å². The first kappa shape index (κ1) is 44.3. The number of hydrogen-bond donors (Lipinski definition) is 0. The maximum absolute atomic E-state index is 2.48. The molecule has 0 fully saturated rings. The number of aromatic nitrogens is 2. The van der Waals surface area contributed by atoms with Gasteiger partial charge in [0.05, 0.1) is 33.4 Å². The zero-order chi connectivity index (χ0) is 50.8. The highest BCUT2D eigenvalue weighted by Crippen LogP contribution is 2.47. The standard InChI is InChI=1S/C74H49N3/c1-4-18-50(19-5-1)51-32-34-52(35-33-51)53-36-40-58(41-37-53)76(71-46-43-59(61-24-10-12-26-63(61)71)54-39-45-73-68(48-54)66-29-15-17-31-70(66)75(73)56-20-6-2-7-21-56)72-47-44-60(62-25-11-13-27-64(62)72)55-38-42-67-65-28-14-16-30-69(65)77(74(67)49-55)57-22-8-3-9-23-57/h1-49H. The van der Waals surface area contributed by atoms with Gasteiger partial charge < -0.3 is 14.0 Å². The molecule has 0 spiro atoms. The quantitative estimate of drug-likeness (QED) is 0.140. The highest BCUT2D eigenvalue weighted by molar-refractivity contribution is 6.15. The van der Waals surface area contributed by atoms with Crippen molar-refractivity contribution >= 4 is 82.2 Å². The smallest absolute Gasteiger partial charge is 0.0547 e. The second kappa shape index (κ2) is 18.3. The van der Waals surface area contributed by atoms with Crippen LogP contribution in [0.25, 0.3) is 121 Å². The molecule has 2 heterocycles. The molecule has 0 bridgehead atoms. The molecule has 0 saturated heterocycles. The summed E-state index contributed by atoms with van der Waals surface area (Å²) in [6.45, 7) is 0. The summed E-state index contributed by atoms with van der Waals surface area (Å²) in [5.74, 6) is 0. The third kappa shape index (κ3) is 7.43. The van der Waals surface area contributed by atoms with E-state index >= 15 is 0 Å². The van der Waals surface area contributed by atoms with Crippen LogP contribution in [0.1, 0.15) is 0 Å². The largest absolute Gasteiger partial charge is 0.309 e.